The van der Waals surface area contributed by atoms with Crippen molar-refractivity contribution in [2.75, 3.05) is 0 Å². The lowest BCUT2D eigenvalue weighted by molar-refractivity contribution is 0.194. The Morgan fingerprint density at radius 3 is 2.50 bits per heavy atom. The van der Waals surface area contributed by atoms with E-state index in [9.17, 15) is 13.9 Å². The van der Waals surface area contributed by atoms with E-state index in [1.54, 1.807) is 12.1 Å². The number of aliphatic hydroxyl groups is 1. The fraction of sp³-hybridized carbons (Fsp3) is 0.200. The SMILES string of the molecule is CC(O)c1ccc(OCc2ccc(F)c(Cl)c2)cc1F. The van der Waals surface area contributed by atoms with Gasteiger partial charge in [-0.1, -0.05) is 17.7 Å². The fourth-order valence-corrected chi connectivity index (χ4v) is 1.94. The largest absolute Gasteiger partial charge is 0.489 e. The summed E-state index contributed by atoms with van der Waals surface area (Å²) in [6.07, 6.45) is -0.875. The summed E-state index contributed by atoms with van der Waals surface area (Å²) >= 11 is 5.66. The zero-order chi connectivity index (χ0) is 14.7. The Labute approximate surface area is 120 Å². The van der Waals surface area contributed by atoms with Crippen molar-refractivity contribution < 1.29 is 18.6 Å². The highest BCUT2D eigenvalue weighted by Crippen LogP contribution is 2.23. The number of ether oxygens (including phenoxy) is 1. The molecule has 0 saturated carbocycles. The highest BCUT2D eigenvalue weighted by molar-refractivity contribution is 6.30. The molecule has 0 heterocycles. The summed E-state index contributed by atoms with van der Waals surface area (Å²) in [5.41, 5.74) is 0.888. The smallest absolute Gasteiger partial charge is 0.141 e. The Kier molecular flexibility index (Phi) is 4.57. The van der Waals surface area contributed by atoms with E-state index in [-0.39, 0.29) is 17.2 Å². The van der Waals surface area contributed by atoms with E-state index >= 15 is 0 Å². The summed E-state index contributed by atoms with van der Waals surface area (Å²) in [5, 5.41) is 9.34. The van der Waals surface area contributed by atoms with Gasteiger partial charge in [-0.05, 0) is 36.8 Å². The lowest BCUT2D eigenvalue weighted by Gasteiger charge is -2.10. The fourth-order valence-electron chi connectivity index (χ4n) is 1.73. The first-order chi connectivity index (χ1) is 9.47. The van der Waals surface area contributed by atoms with Gasteiger partial charge in [0.2, 0.25) is 0 Å². The number of benzene rings is 2. The molecular weight excluding hydrogens is 286 g/mol. The maximum absolute atomic E-state index is 13.6. The van der Waals surface area contributed by atoms with Crippen LogP contribution in [0.3, 0.4) is 0 Å². The summed E-state index contributed by atoms with van der Waals surface area (Å²) in [6, 6.07) is 8.48. The second kappa shape index (κ2) is 6.20. The van der Waals surface area contributed by atoms with Gasteiger partial charge in [-0.2, -0.15) is 0 Å². The second-order valence-electron chi connectivity index (χ2n) is 4.40. The Hall–Kier alpha value is -1.65. The van der Waals surface area contributed by atoms with Gasteiger partial charge < -0.3 is 9.84 Å². The third-order valence-corrected chi connectivity index (χ3v) is 3.10. The molecule has 2 rings (SSSR count). The molecule has 0 radical (unpaired) electrons. The molecule has 2 nitrogen and oxygen atoms in total. The van der Waals surface area contributed by atoms with E-state index < -0.39 is 17.7 Å². The first kappa shape index (κ1) is 14.8. The molecule has 5 heteroatoms. The van der Waals surface area contributed by atoms with Crippen molar-refractivity contribution in [2.24, 2.45) is 0 Å². The van der Waals surface area contributed by atoms with Crippen molar-refractivity contribution >= 4 is 11.6 Å². The zero-order valence-electron chi connectivity index (χ0n) is 10.7. The van der Waals surface area contributed by atoms with Crippen molar-refractivity contribution in [3.63, 3.8) is 0 Å². The van der Waals surface area contributed by atoms with Crippen molar-refractivity contribution in [1.29, 1.82) is 0 Å². The van der Waals surface area contributed by atoms with Crippen LogP contribution in [-0.4, -0.2) is 5.11 Å². The van der Waals surface area contributed by atoms with Crippen molar-refractivity contribution in [1.82, 2.24) is 0 Å². The molecule has 106 valence electrons. The average molecular weight is 299 g/mol. The summed E-state index contributed by atoms with van der Waals surface area (Å²) in [6.45, 7) is 1.63. The average Bonchev–Trinajstić information content (AvgIpc) is 2.40. The van der Waals surface area contributed by atoms with Crippen molar-refractivity contribution in [3.05, 3.63) is 64.2 Å². The maximum atomic E-state index is 13.6. The first-order valence-electron chi connectivity index (χ1n) is 6.01. The van der Waals surface area contributed by atoms with Crippen LogP contribution in [0.2, 0.25) is 5.02 Å². The van der Waals surface area contributed by atoms with Crippen molar-refractivity contribution in [2.45, 2.75) is 19.6 Å². The Morgan fingerprint density at radius 1 is 1.15 bits per heavy atom. The normalized spacial score (nSPS) is 12.2. The molecule has 1 unspecified atom stereocenters. The predicted octanol–water partition coefficient (Wildman–Crippen LogP) is 4.25. The second-order valence-corrected chi connectivity index (χ2v) is 4.80. The molecule has 20 heavy (non-hydrogen) atoms. The van der Waals surface area contributed by atoms with Crippen LogP contribution in [0.25, 0.3) is 0 Å². The molecule has 0 aliphatic carbocycles. The molecule has 1 atom stereocenters. The van der Waals surface area contributed by atoms with E-state index in [2.05, 4.69) is 0 Å². The quantitative estimate of drug-likeness (QED) is 0.914. The third-order valence-electron chi connectivity index (χ3n) is 2.81. The van der Waals surface area contributed by atoms with E-state index in [1.807, 2.05) is 0 Å². The monoisotopic (exact) mass is 298 g/mol. The van der Waals surface area contributed by atoms with Gasteiger partial charge in [0.05, 0.1) is 11.1 Å². The van der Waals surface area contributed by atoms with Crippen LogP contribution >= 0.6 is 11.6 Å². The predicted molar refractivity (Wildman–Crippen MR) is 72.8 cm³/mol. The minimum atomic E-state index is -0.875. The van der Waals surface area contributed by atoms with Crippen LogP contribution in [0, 0.1) is 11.6 Å². The van der Waals surface area contributed by atoms with E-state index in [4.69, 9.17) is 16.3 Å². The van der Waals surface area contributed by atoms with Gasteiger partial charge in [0.25, 0.3) is 0 Å². The first-order valence-corrected chi connectivity index (χ1v) is 6.39. The van der Waals surface area contributed by atoms with E-state index in [1.165, 1.54) is 31.2 Å². The standard InChI is InChI=1S/C15H13ClF2O2/c1-9(19)12-4-3-11(7-15(12)18)20-8-10-2-5-14(17)13(16)6-10/h2-7,9,19H,8H2,1H3. The zero-order valence-corrected chi connectivity index (χ0v) is 11.5. The molecule has 0 aromatic heterocycles. The third kappa shape index (κ3) is 3.46. The molecule has 0 aliphatic rings. The highest BCUT2D eigenvalue weighted by atomic mass is 35.5. The topological polar surface area (TPSA) is 29.5 Å². The number of halogens is 3. The maximum Gasteiger partial charge on any atom is 0.141 e. The molecule has 1 N–H and O–H groups in total. The molecule has 0 bridgehead atoms. The molecule has 0 saturated heterocycles. The van der Waals surface area contributed by atoms with E-state index in [0.29, 0.717) is 11.3 Å². The number of aliphatic hydroxyl groups excluding tert-OH is 1. The van der Waals surface area contributed by atoms with E-state index in [0.717, 1.165) is 0 Å². The van der Waals surface area contributed by atoms with Crippen LogP contribution in [0.5, 0.6) is 5.75 Å². The molecule has 0 fully saturated rings. The van der Waals surface area contributed by atoms with Crippen LogP contribution in [0.4, 0.5) is 8.78 Å². The minimum Gasteiger partial charge on any atom is -0.489 e. The number of hydrogen-bond acceptors (Lipinski definition) is 2. The van der Waals surface area contributed by atoms with Crippen LogP contribution in [0.1, 0.15) is 24.2 Å². The number of rotatable bonds is 4. The Bertz CT molecular complexity index is 615. The minimum absolute atomic E-state index is 0.0155. The van der Waals surface area contributed by atoms with Gasteiger partial charge >= 0.3 is 0 Å². The number of hydrogen-bond donors (Lipinski definition) is 1. The summed E-state index contributed by atoms with van der Waals surface area (Å²) in [4.78, 5) is 0. The van der Waals surface area contributed by atoms with Gasteiger partial charge in [0, 0.05) is 11.6 Å². The van der Waals surface area contributed by atoms with Crippen molar-refractivity contribution in [3.8, 4) is 5.75 Å². The highest BCUT2D eigenvalue weighted by Gasteiger charge is 2.09. The van der Waals surface area contributed by atoms with Gasteiger partial charge in [-0.25, -0.2) is 8.78 Å². The lowest BCUT2D eigenvalue weighted by Crippen LogP contribution is -1.99. The molecule has 0 amide bonds. The van der Waals surface area contributed by atoms with Gasteiger partial charge in [-0.3, -0.25) is 0 Å². The molecule has 0 aliphatic heterocycles. The molecular formula is C15H13ClF2O2. The Morgan fingerprint density at radius 2 is 1.90 bits per heavy atom. The summed E-state index contributed by atoms with van der Waals surface area (Å²) < 4.78 is 32.0. The summed E-state index contributed by atoms with van der Waals surface area (Å²) in [5.74, 6) is -0.704. The lowest BCUT2D eigenvalue weighted by atomic mass is 10.1. The van der Waals surface area contributed by atoms with Crippen LogP contribution in [-0.2, 0) is 6.61 Å². The van der Waals surface area contributed by atoms with Crippen LogP contribution in [0.15, 0.2) is 36.4 Å². The van der Waals surface area contributed by atoms with Crippen LogP contribution < -0.4 is 4.74 Å². The Balaban J connectivity index is 2.07. The molecule has 0 spiro atoms. The molecule has 2 aromatic rings. The van der Waals surface area contributed by atoms with Gasteiger partial charge in [-0.15, -0.1) is 0 Å². The molecule has 2 aromatic carbocycles. The summed E-state index contributed by atoms with van der Waals surface area (Å²) in [7, 11) is 0. The van der Waals surface area contributed by atoms with Gasteiger partial charge in [0.15, 0.2) is 0 Å². The van der Waals surface area contributed by atoms with Gasteiger partial charge in [0.1, 0.15) is 24.0 Å².